The monoisotopic (exact) mass is 263 g/mol. The van der Waals surface area contributed by atoms with Crippen molar-refractivity contribution < 1.29 is 17.9 Å². The number of ether oxygens (including phenoxy) is 1. The third kappa shape index (κ3) is 12.2. The molecule has 0 saturated carbocycles. The number of hydrogen-bond acceptors (Lipinski definition) is 2. The summed E-state index contributed by atoms with van der Waals surface area (Å²) in [7, 11) is 0. The van der Waals surface area contributed by atoms with E-state index < -0.39 is 12.8 Å². The molecule has 6 heteroatoms. The van der Waals surface area contributed by atoms with E-state index >= 15 is 0 Å². The van der Waals surface area contributed by atoms with Crippen LogP contribution in [0.4, 0.5) is 13.2 Å². The highest BCUT2D eigenvalue weighted by molar-refractivity contribution is 9.09. The lowest BCUT2D eigenvalue weighted by Crippen LogP contribution is -2.21. The van der Waals surface area contributed by atoms with Gasteiger partial charge in [0.1, 0.15) is 6.61 Å². The molecule has 0 saturated heterocycles. The third-order valence-electron chi connectivity index (χ3n) is 1.18. The van der Waals surface area contributed by atoms with E-state index in [0.29, 0.717) is 13.0 Å². The van der Waals surface area contributed by atoms with Gasteiger partial charge in [-0.1, -0.05) is 15.9 Å². The zero-order valence-corrected chi connectivity index (χ0v) is 8.75. The van der Waals surface area contributed by atoms with Crippen molar-refractivity contribution in [3.63, 3.8) is 0 Å². The first-order valence-electron chi connectivity index (χ1n) is 3.97. The Morgan fingerprint density at radius 3 is 2.46 bits per heavy atom. The van der Waals surface area contributed by atoms with Crippen molar-refractivity contribution in [2.75, 3.05) is 31.6 Å². The van der Waals surface area contributed by atoms with Gasteiger partial charge >= 0.3 is 6.18 Å². The predicted molar refractivity (Wildman–Crippen MR) is 48.2 cm³/mol. The molecule has 0 aromatic carbocycles. The van der Waals surface area contributed by atoms with Crippen LogP contribution in [0.1, 0.15) is 6.42 Å². The number of hydrogen-bond donors (Lipinski definition) is 1. The zero-order valence-electron chi connectivity index (χ0n) is 7.16. The predicted octanol–water partition coefficient (Wildman–Crippen LogP) is 1.94. The van der Waals surface area contributed by atoms with Crippen molar-refractivity contribution in [2.45, 2.75) is 12.6 Å². The Bertz CT molecular complexity index is 121. The first-order chi connectivity index (χ1) is 6.06. The summed E-state index contributed by atoms with van der Waals surface area (Å²) in [5.74, 6) is 0. The fourth-order valence-corrected chi connectivity index (χ4v) is 0.959. The van der Waals surface area contributed by atoms with Crippen molar-refractivity contribution in [1.29, 1.82) is 0 Å². The topological polar surface area (TPSA) is 21.3 Å². The minimum absolute atomic E-state index is 0.148. The molecule has 0 amide bonds. The molecule has 0 spiro atoms. The van der Waals surface area contributed by atoms with Gasteiger partial charge in [0.2, 0.25) is 0 Å². The second-order valence-corrected chi connectivity index (χ2v) is 3.25. The van der Waals surface area contributed by atoms with Crippen LogP contribution in [0.15, 0.2) is 0 Å². The van der Waals surface area contributed by atoms with Crippen LogP contribution in [0.3, 0.4) is 0 Å². The van der Waals surface area contributed by atoms with E-state index in [1.54, 1.807) is 0 Å². The highest BCUT2D eigenvalue weighted by atomic mass is 79.9. The molecular weight excluding hydrogens is 251 g/mol. The van der Waals surface area contributed by atoms with Crippen molar-refractivity contribution in [2.24, 2.45) is 0 Å². The Kier molecular flexibility index (Phi) is 7.69. The number of alkyl halides is 4. The van der Waals surface area contributed by atoms with E-state index in [0.717, 1.165) is 11.9 Å². The lowest BCUT2D eigenvalue weighted by Gasteiger charge is -2.07. The number of rotatable bonds is 7. The second-order valence-electron chi connectivity index (χ2n) is 2.46. The van der Waals surface area contributed by atoms with E-state index in [2.05, 4.69) is 26.0 Å². The van der Waals surface area contributed by atoms with Crippen molar-refractivity contribution in [3.8, 4) is 0 Å². The largest absolute Gasteiger partial charge is 0.411 e. The smallest absolute Gasteiger partial charge is 0.372 e. The molecule has 0 unspecified atom stereocenters. The zero-order chi connectivity index (χ0) is 10.2. The van der Waals surface area contributed by atoms with E-state index in [9.17, 15) is 13.2 Å². The molecule has 0 aliphatic rings. The standard InChI is InChI=1S/C7H13BrF3NO/c8-2-4-12-3-1-5-13-6-7(9,10)11/h12H,1-6H2. The molecule has 2 nitrogen and oxygen atoms in total. The second kappa shape index (κ2) is 7.58. The van der Waals surface area contributed by atoms with Crippen molar-refractivity contribution >= 4 is 15.9 Å². The molecule has 0 aliphatic carbocycles. The molecule has 0 bridgehead atoms. The van der Waals surface area contributed by atoms with Crippen molar-refractivity contribution in [1.82, 2.24) is 5.32 Å². The van der Waals surface area contributed by atoms with Crippen LogP contribution in [-0.2, 0) is 4.74 Å². The summed E-state index contributed by atoms with van der Waals surface area (Å²) < 4.78 is 39.0. The average Bonchev–Trinajstić information content (AvgIpc) is 2.01. The summed E-state index contributed by atoms with van der Waals surface area (Å²) >= 11 is 3.22. The number of halogens is 4. The molecule has 0 radical (unpaired) electrons. The van der Waals surface area contributed by atoms with Gasteiger partial charge in [0.15, 0.2) is 0 Å². The summed E-state index contributed by atoms with van der Waals surface area (Å²) in [6.45, 7) is 0.503. The van der Waals surface area contributed by atoms with Crippen LogP contribution in [-0.4, -0.2) is 37.8 Å². The SMILES string of the molecule is FC(F)(F)COCCCNCCBr. The average molecular weight is 264 g/mol. The molecule has 1 N–H and O–H groups in total. The number of nitrogens with one attached hydrogen (secondary N) is 1. The fraction of sp³-hybridized carbons (Fsp3) is 1.00. The van der Waals surface area contributed by atoms with Gasteiger partial charge in [0, 0.05) is 18.5 Å². The first-order valence-corrected chi connectivity index (χ1v) is 5.09. The molecule has 0 atom stereocenters. The molecule has 0 rings (SSSR count). The van der Waals surface area contributed by atoms with E-state index in [-0.39, 0.29) is 6.61 Å². The first kappa shape index (κ1) is 13.2. The Balaban J connectivity index is 3.00. The van der Waals surface area contributed by atoms with Gasteiger partial charge < -0.3 is 10.1 Å². The molecule has 0 aliphatic heterocycles. The molecule has 0 fully saturated rings. The normalized spacial score (nSPS) is 12.0. The molecule has 13 heavy (non-hydrogen) atoms. The Morgan fingerprint density at radius 1 is 1.23 bits per heavy atom. The summed E-state index contributed by atoms with van der Waals surface area (Å²) in [6, 6.07) is 0. The van der Waals surface area contributed by atoms with Gasteiger partial charge in [0.05, 0.1) is 0 Å². The molecule has 0 heterocycles. The molecule has 80 valence electrons. The van der Waals surface area contributed by atoms with Gasteiger partial charge in [-0.3, -0.25) is 0 Å². The quantitative estimate of drug-likeness (QED) is 0.560. The lowest BCUT2D eigenvalue weighted by atomic mass is 10.4. The minimum atomic E-state index is -4.21. The van der Waals surface area contributed by atoms with Gasteiger partial charge in [-0.05, 0) is 13.0 Å². The maximum atomic E-state index is 11.5. The summed E-state index contributed by atoms with van der Waals surface area (Å²) in [5, 5.41) is 3.87. The molecular formula is C7H13BrF3NO. The van der Waals surface area contributed by atoms with Crippen LogP contribution in [0.25, 0.3) is 0 Å². The highest BCUT2D eigenvalue weighted by Gasteiger charge is 2.26. The summed E-state index contributed by atoms with van der Waals surface area (Å²) in [5.41, 5.74) is 0. The third-order valence-corrected chi connectivity index (χ3v) is 1.58. The van der Waals surface area contributed by atoms with Gasteiger partial charge in [-0.2, -0.15) is 13.2 Å². The van der Waals surface area contributed by atoms with E-state index in [1.807, 2.05) is 0 Å². The Labute approximate surface area is 84.0 Å². The molecule has 0 aromatic heterocycles. The van der Waals surface area contributed by atoms with Crippen molar-refractivity contribution in [3.05, 3.63) is 0 Å². The maximum absolute atomic E-state index is 11.5. The minimum Gasteiger partial charge on any atom is -0.372 e. The van der Waals surface area contributed by atoms with Crippen LogP contribution in [0.2, 0.25) is 0 Å². The van der Waals surface area contributed by atoms with E-state index in [4.69, 9.17) is 0 Å². The Morgan fingerprint density at radius 2 is 1.92 bits per heavy atom. The highest BCUT2D eigenvalue weighted by Crippen LogP contribution is 2.14. The molecule has 0 aromatic rings. The van der Waals surface area contributed by atoms with Gasteiger partial charge in [-0.15, -0.1) is 0 Å². The van der Waals surface area contributed by atoms with Crippen LogP contribution >= 0.6 is 15.9 Å². The summed E-state index contributed by atoms with van der Waals surface area (Å²) in [6.07, 6.45) is -3.60. The van der Waals surface area contributed by atoms with Crippen LogP contribution < -0.4 is 5.32 Å². The Hall–Kier alpha value is 0.190. The maximum Gasteiger partial charge on any atom is 0.411 e. The lowest BCUT2D eigenvalue weighted by molar-refractivity contribution is -0.173. The van der Waals surface area contributed by atoms with E-state index in [1.165, 1.54) is 0 Å². The fourth-order valence-electron chi connectivity index (χ4n) is 0.679. The van der Waals surface area contributed by atoms with Gasteiger partial charge in [0.25, 0.3) is 0 Å². The van der Waals surface area contributed by atoms with Gasteiger partial charge in [-0.25, -0.2) is 0 Å². The van der Waals surface area contributed by atoms with Crippen LogP contribution in [0.5, 0.6) is 0 Å². The van der Waals surface area contributed by atoms with Crippen LogP contribution in [0, 0.1) is 0 Å². The summed E-state index contributed by atoms with van der Waals surface area (Å²) in [4.78, 5) is 0.